The van der Waals surface area contributed by atoms with Crippen LogP contribution in [-0.2, 0) is 0 Å². The van der Waals surface area contributed by atoms with Crippen LogP contribution >= 0.6 is 73.4 Å². The SMILES string of the molecule is OC(c1cc(Cl)c(Br)s1)c1cc(Cl)sc1Cl. The lowest BCUT2D eigenvalue weighted by Crippen LogP contribution is -1.95. The topological polar surface area (TPSA) is 20.2 Å². The van der Waals surface area contributed by atoms with Gasteiger partial charge in [-0.05, 0) is 28.1 Å². The molecule has 86 valence electrons. The maximum atomic E-state index is 10.1. The van der Waals surface area contributed by atoms with Crippen molar-refractivity contribution in [2.45, 2.75) is 6.10 Å². The summed E-state index contributed by atoms with van der Waals surface area (Å²) in [6.07, 6.45) is -0.787. The van der Waals surface area contributed by atoms with Crippen molar-refractivity contribution in [2.75, 3.05) is 0 Å². The quantitative estimate of drug-likeness (QED) is 0.720. The monoisotopic (exact) mass is 376 g/mol. The van der Waals surface area contributed by atoms with Gasteiger partial charge in [-0.1, -0.05) is 34.8 Å². The summed E-state index contributed by atoms with van der Waals surface area (Å²) in [6, 6.07) is 3.38. The second-order valence-corrected chi connectivity index (χ2v) is 8.05. The van der Waals surface area contributed by atoms with Gasteiger partial charge >= 0.3 is 0 Å². The molecule has 2 heterocycles. The van der Waals surface area contributed by atoms with Crippen molar-refractivity contribution < 1.29 is 5.11 Å². The number of thiophene rings is 2. The zero-order valence-electron chi connectivity index (χ0n) is 7.51. The molecule has 16 heavy (non-hydrogen) atoms. The molecule has 0 radical (unpaired) electrons. The van der Waals surface area contributed by atoms with Crippen LogP contribution in [0.15, 0.2) is 15.9 Å². The second kappa shape index (κ2) is 5.14. The standard InChI is InChI=1S/C9H4BrCl3OS2/c10-8-4(11)2-5(15-8)7(14)3-1-6(12)16-9(3)13/h1-2,7,14H. The highest BCUT2D eigenvalue weighted by Crippen LogP contribution is 2.42. The normalized spacial score (nSPS) is 13.1. The first kappa shape index (κ1) is 13.1. The average molecular weight is 379 g/mol. The summed E-state index contributed by atoms with van der Waals surface area (Å²) in [5, 5.41) is 10.7. The molecule has 0 saturated carbocycles. The van der Waals surface area contributed by atoms with E-state index in [1.807, 2.05) is 0 Å². The van der Waals surface area contributed by atoms with E-state index in [0.29, 0.717) is 19.3 Å². The van der Waals surface area contributed by atoms with Crippen molar-refractivity contribution in [3.05, 3.63) is 40.1 Å². The molecule has 0 aliphatic carbocycles. The van der Waals surface area contributed by atoms with Crippen molar-refractivity contribution in [3.8, 4) is 0 Å². The van der Waals surface area contributed by atoms with Crippen LogP contribution in [0.5, 0.6) is 0 Å². The first-order valence-electron chi connectivity index (χ1n) is 4.06. The van der Waals surface area contributed by atoms with Crippen LogP contribution in [0.2, 0.25) is 13.7 Å². The minimum Gasteiger partial charge on any atom is -0.383 e. The molecule has 1 nitrogen and oxygen atoms in total. The Balaban J connectivity index is 2.38. The molecular formula is C9H4BrCl3OS2. The predicted octanol–water partition coefficient (Wildman–Crippen LogP) is 5.61. The van der Waals surface area contributed by atoms with Crippen molar-refractivity contribution in [1.82, 2.24) is 0 Å². The molecule has 0 amide bonds. The summed E-state index contributed by atoms with van der Waals surface area (Å²) in [5.41, 5.74) is 0.613. The summed E-state index contributed by atoms with van der Waals surface area (Å²) < 4.78 is 1.85. The number of hydrogen-bond donors (Lipinski definition) is 1. The summed E-state index contributed by atoms with van der Waals surface area (Å²) in [6.45, 7) is 0. The molecule has 0 aliphatic rings. The third-order valence-corrected chi connectivity index (χ3v) is 5.96. The predicted molar refractivity (Wildman–Crippen MR) is 75.4 cm³/mol. The van der Waals surface area contributed by atoms with Crippen molar-refractivity contribution >= 4 is 73.4 Å². The summed E-state index contributed by atoms with van der Waals surface area (Å²) in [4.78, 5) is 0.730. The molecule has 0 aliphatic heterocycles. The van der Waals surface area contributed by atoms with Crippen LogP contribution < -0.4 is 0 Å². The van der Waals surface area contributed by atoms with E-state index < -0.39 is 6.10 Å². The van der Waals surface area contributed by atoms with Gasteiger partial charge in [-0.2, -0.15) is 0 Å². The Morgan fingerprint density at radius 2 is 1.88 bits per heavy atom. The lowest BCUT2D eigenvalue weighted by Gasteiger charge is -2.06. The summed E-state index contributed by atoms with van der Waals surface area (Å²) in [7, 11) is 0. The number of aliphatic hydroxyl groups is 1. The summed E-state index contributed by atoms with van der Waals surface area (Å²) in [5.74, 6) is 0. The Hall–Kier alpha value is 0.710. The molecule has 0 fully saturated rings. The van der Waals surface area contributed by atoms with Crippen LogP contribution in [0.25, 0.3) is 0 Å². The van der Waals surface area contributed by atoms with Gasteiger partial charge in [0.05, 0.1) is 13.1 Å². The van der Waals surface area contributed by atoms with Crippen LogP contribution in [0.4, 0.5) is 0 Å². The van der Waals surface area contributed by atoms with Crippen molar-refractivity contribution in [2.24, 2.45) is 0 Å². The molecule has 0 saturated heterocycles. The largest absolute Gasteiger partial charge is 0.383 e. The Morgan fingerprint density at radius 1 is 1.19 bits per heavy atom. The maximum absolute atomic E-state index is 10.1. The molecule has 2 aromatic rings. The highest BCUT2D eigenvalue weighted by Gasteiger charge is 2.19. The number of halogens is 4. The van der Waals surface area contributed by atoms with Gasteiger partial charge in [-0.25, -0.2) is 0 Å². The van der Waals surface area contributed by atoms with Crippen LogP contribution in [-0.4, -0.2) is 5.11 Å². The van der Waals surface area contributed by atoms with Crippen LogP contribution in [0.1, 0.15) is 16.5 Å². The molecular weight excluding hydrogens is 374 g/mol. The zero-order chi connectivity index (χ0) is 11.9. The van der Waals surface area contributed by atoms with E-state index in [4.69, 9.17) is 34.8 Å². The first-order valence-corrected chi connectivity index (χ1v) is 7.62. The van der Waals surface area contributed by atoms with E-state index in [-0.39, 0.29) is 0 Å². The highest BCUT2D eigenvalue weighted by atomic mass is 79.9. The fraction of sp³-hybridized carbons (Fsp3) is 0.111. The van der Waals surface area contributed by atoms with Gasteiger partial charge in [0.15, 0.2) is 0 Å². The maximum Gasteiger partial charge on any atom is 0.116 e. The van der Waals surface area contributed by atoms with E-state index in [0.717, 1.165) is 8.66 Å². The third-order valence-electron chi connectivity index (χ3n) is 1.91. The molecule has 2 rings (SSSR count). The van der Waals surface area contributed by atoms with Gasteiger partial charge in [-0.15, -0.1) is 22.7 Å². The molecule has 0 aromatic carbocycles. The Labute approximate surface area is 124 Å². The molecule has 0 bridgehead atoms. The summed E-state index contributed by atoms with van der Waals surface area (Å²) >= 11 is 23.6. The van der Waals surface area contributed by atoms with E-state index >= 15 is 0 Å². The van der Waals surface area contributed by atoms with E-state index in [1.54, 1.807) is 12.1 Å². The van der Waals surface area contributed by atoms with Gasteiger partial charge < -0.3 is 5.11 Å². The van der Waals surface area contributed by atoms with Gasteiger partial charge in [0.1, 0.15) is 10.4 Å². The molecule has 1 N–H and O–H groups in total. The fourth-order valence-electron chi connectivity index (χ4n) is 1.19. The molecule has 7 heteroatoms. The first-order chi connectivity index (χ1) is 7.49. The van der Waals surface area contributed by atoms with Gasteiger partial charge in [0.2, 0.25) is 0 Å². The molecule has 0 spiro atoms. The number of hydrogen-bond acceptors (Lipinski definition) is 3. The molecule has 2 aromatic heterocycles. The van der Waals surface area contributed by atoms with Crippen molar-refractivity contribution in [1.29, 1.82) is 0 Å². The Bertz CT molecular complexity index is 503. The van der Waals surface area contributed by atoms with Crippen LogP contribution in [0, 0.1) is 0 Å². The average Bonchev–Trinajstić information content (AvgIpc) is 2.70. The zero-order valence-corrected chi connectivity index (χ0v) is 13.0. The van der Waals surface area contributed by atoms with Gasteiger partial charge in [-0.3, -0.25) is 0 Å². The minimum absolute atomic E-state index is 0.498. The lowest BCUT2D eigenvalue weighted by molar-refractivity contribution is 0.225. The van der Waals surface area contributed by atoms with Gasteiger partial charge in [0.25, 0.3) is 0 Å². The molecule has 1 unspecified atom stereocenters. The van der Waals surface area contributed by atoms with E-state index in [9.17, 15) is 5.11 Å². The second-order valence-electron chi connectivity index (χ2n) is 2.95. The fourth-order valence-corrected chi connectivity index (χ4v) is 4.46. The lowest BCUT2D eigenvalue weighted by atomic mass is 10.2. The van der Waals surface area contributed by atoms with E-state index in [1.165, 1.54) is 22.7 Å². The smallest absolute Gasteiger partial charge is 0.116 e. The number of aliphatic hydroxyl groups excluding tert-OH is 1. The molecule has 1 atom stereocenters. The minimum atomic E-state index is -0.787. The van der Waals surface area contributed by atoms with Crippen LogP contribution in [0.3, 0.4) is 0 Å². The van der Waals surface area contributed by atoms with Crippen molar-refractivity contribution in [3.63, 3.8) is 0 Å². The number of rotatable bonds is 2. The Morgan fingerprint density at radius 3 is 2.31 bits per heavy atom. The Kier molecular flexibility index (Phi) is 4.23. The third kappa shape index (κ3) is 2.58. The van der Waals surface area contributed by atoms with Gasteiger partial charge in [0, 0.05) is 10.4 Å². The highest BCUT2D eigenvalue weighted by molar-refractivity contribution is 9.11. The van der Waals surface area contributed by atoms with E-state index in [2.05, 4.69) is 15.9 Å².